The van der Waals surface area contributed by atoms with Crippen LogP contribution in [0.4, 0.5) is 0 Å². The molecule has 0 spiro atoms. The number of carbonyl (C=O) groups is 1. The fraction of sp³-hybridized carbons (Fsp3) is 0.182. The summed E-state index contributed by atoms with van der Waals surface area (Å²) in [6.45, 7) is 1.84. The molecule has 0 radical (unpaired) electrons. The van der Waals surface area contributed by atoms with E-state index in [1.165, 1.54) is 9.75 Å². The average Bonchev–Trinajstić information content (AvgIpc) is 2.86. The van der Waals surface area contributed by atoms with Crippen molar-refractivity contribution in [2.24, 2.45) is 5.73 Å². The predicted octanol–water partition coefficient (Wildman–Crippen LogP) is 3.07. The monoisotopic (exact) mass is 237 g/mol. The Hall–Kier alpha value is -1.13. The van der Waals surface area contributed by atoms with Gasteiger partial charge in [0.1, 0.15) is 0 Å². The fourth-order valence-corrected chi connectivity index (χ4v) is 3.18. The van der Waals surface area contributed by atoms with Gasteiger partial charge in [0, 0.05) is 14.6 Å². The van der Waals surface area contributed by atoms with E-state index in [1.807, 2.05) is 30.5 Å². The first kappa shape index (κ1) is 10.4. The number of primary amides is 1. The average molecular weight is 237 g/mol. The van der Waals surface area contributed by atoms with E-state index in [-0.39, 0.29) is 11.8 Å². The van der Waals surface area contributed by atoms with Crippen LogP contribution in [0.5, 0.6) is 0 Å². The van der Waals surface area contributed by atoms with Gasteiger partial charge in [-0.2, -0.15) is 0 Å². The Morgan fingerprint density at radius 3 is 2.73 bits per heavy atom. The summed E-state index contributed by atoms with van der Waals surface area (Å²) in [5.74, 6) is -0.460. The lowest BCUT2D eigenvalue weighted by Crippen LogP contribution is -2.17. The SMILES string of the molecule is CC(C(N)=O)c1ccc(-c2cccs2)s1. The first-order valence-electron chi connectivity index (χ1n) is 4.61. The van der Waals surface area contributed by atoms with Crippen molar-refractivity contribution in [2.75, 3.05) is 0 Å². The van der Waals surface area contributed by atoms with Gasteiger partial charge in [0.05, 0.1) is 5.92 Å². The highest BCUT2D eigenvalue weighted by molar-refractivity contribution is 7.21. The summed E-state index contributed by atoms with van der Waals surface area (Å²) >= 11 is 3.34. The molecular formula is C11H11NOS2. The number of amides is 1. The van der Waals surface area contributed by atoms with E-state index < -0.39 is 0 Å². The molecule has 0 bridgehead atoms. The third kappa shape index (κ3) is 2.11. The molecule has 1 unspecified atom stereocenters. The molecule has 2 N–H and O–H groups in total. The number of hydrogen-bond acceptors (Lipinski definition) is 3. The Morgan fingerprint density at radius 2 is 2.13 bits per heavy atom. The number of hydrogen-bond donors (Lipinski definition) is 1. The lowest BCUT2D eigenvalue weighted by atomic mass is 10.1. The van der Waals surface area contributed by atoms with Crippen LogP contribution >= 0.6 is 22.7 Å². The summed E-state index contributed by atoms with van der Waals surface area (Å²) in [5, 5.41) is 2.05. The molecule has 0 saturated carbocycles. The summed E-state index contributed by atoms with van der Waals surface area (Å²) in [6, 6.07) is 8.13. The molecule has 4 heteroatoms. The highest BCUT2D eigenvalue weighted by atomic mass is 32.1. The molecule has 0 aliphatic carbocycles. The Kier molecular flexibility index (Phi) is 2.88. The van der Waals surface area contributed by atoms with E-state index >= 15 is 0 Å². The first-order valence-corrected chi connectivity index (χ1v) is 6.31. The lowest BCUT2D eigenvalue weighted by Gasteiger charge is -2.01. The van der Waals surface area contributed by atoms with Gasteiger partial charge in [0.2, 0.25) is 5.91 Å². The van der Waals surface area contributed by atoms with Crippen LogP contribution in [-0.4, -0.2) is 5.91 Å². The van der Waals surface area contributed by atoms with Crippen molar-refractivity contribution in [3.05, 3.63) is 34.5 Å². The molecule has 0 fully saturated rings. The van der Waals surface area contributed by atoms with Gasteiger partial charge >= 0.3 is 0 Å². The van der Waals surface area contributed by atoms with Crippen molar-refractivity contribution in [3.8, 4) is 9.75 Å². The summed E-state index contributed by atoms with van der Waals surface area (Å²) in [5.41, 5.74) is 5.27. The predicted molar refractivity (Wildman–Crippen MR) is 65.2 cm³/mol. The van der Waals surface area contributed by atoms with Gasteiger partial charge in [-0.05, 0) is 30.5 Å². The van der Waals surface area contributed by atoms with Crippen molar-refractivity contribution >= 4 is 28.6 Å². The van der Waals surface area contributed by atoms with Crippen molar-refractivity contribution in [2.45, 2.75) is 12.8 Å². The quantitative estimate of drug-likeness (QED) is 0.876. The van der Waals surface area contributed by atoms with E-state index in [1.54, 1.807) is 22.7 Å². The maximum Gasteiger partial charge on any atom is 0.225 e. The fourth-order valence-electron chi connectivity index (χ4n) is 1.28. The zero-order chi connectivity index (χ0) is 10.8. The van der Waals surface area contributed by atoms with E-state index in [2.05, 4.69) is 6.07 Å². The van der Waals surface area contributed by atoms with Gasteiger partial charge in [-0.15, -0.1) is 22.7 Å². The van der Waals surface area contributed by atoms with Gasteiger partial charge < -0.3 is 5.73 Å². The van der Waals surface area contributed by atoms with Crippen LogP contribution in [0.1, 0.15) is 17.7 Å². The number of rotatable bonds is 3. The standard InChI is InChI=1S/C11H11NOS2/c1-7(11(12)13)8-4-5-10(15-8)9-3-2-6-14-9/h2-7H,1H3,(H2,12,13). The topological polar surface area (TPSA) is 43.1 Å². The van der Waals surface area contributed by atoms with E-state index in [0.717, 1.165) is 4.88 Å². The van der Waals surface area contributed by atoms with Crippen LogP contribution in [0.3, 0.4) is 0 Å². The van der Waals surface area contributed by atoms with Crippen molar-refractivity contribution in [1.82, 2.24) is 0 Å². The highest BCUT2D eigenvalue weighted by Crippen LogP contribution is 2.34. The highest BCUT2D eigenvalue weighted by Gasteiger charge is 2.14. The molecular weight excluding hydrogens is 226 g/mol. The van der Waals surface area contributed by atoms with Crippen LogP contribution in [0, 0.1) is 0 Å². The largest absolute Gasteiger partial charge is 0.369 e. The number of carbonyl (C=O) groups excluding carboxylic acids is 1. The molecule has 78 valence electrons. The summed E-state index contributed by atoms with van der Waals surface area (Å²) in [4.78, 5) is 14.5. The normalized spacial score (nSPS) is 12.6. The number of thiophene rings is 2. The molecule has 1 amide bonds. The second-order valence-electron chi connectivity index (χ2n) is 3.30. The number of nitrogens with two attached hydrogens (primary N) is 1. The Morgan fingerprint density at radius 1 is 1.33 bits per heavy atom. The zero-order valence-corrected chi connectivity index (χ0v) is 9.90. The van der Waals surface area contributed by atoms with Crippen LogP contribution in [0.2, 0.25) is 0 Å². The van der Waals surface area contributed by atoms with Gasteiger partial charge in [-0.25, -0.2) is 0 Å². The maximum absolute atomic E-state index is 11.0. The van der Waals surface area contributed by atoms with E-state index in [4.69, 9.17) is 5.73 Å². The Balaban J connectivity index is 2.28. The Bertz CT molecular complexity index is 459. The molecule has 0 aliphatic rings. The third-order valence-electron chi connectivity index (χ3n) is 2.24. The first-order chi connectivity index (χ1) is 7.18. The van der Waals surface area contributed by atoms with Crippen molar-refractivity contribution in [1.29, 1.82) is 0 Å². The van der Waals surface area contributed by atoms with Gasteiger partial charge in [0.25, 0.3) is 0 Å². The summed E-state index contributed by atoms with van der Waals surface area (Å²) in [6.07, 6.45) is 0. The van der Waals surface area contributed by atoms with Gasteiger partial charge in [-0.3, -0.25) is 4.79 Å². The molecule has 1 atom stereocenters. The molecule has 2 aromatic heterocycles. The molecule has 15 heavy (non-hydrogen) atoms. The summed E-state index contributed by atoms with van der Waals surface area (Å²) < 4.78 is 0. The van der Waals surface area contributed by atoms with E-state index in [0.29, 0.717) is 0 Å². The zero-order valence-electron chi connectivity index (χ0n) is 8.27. The van der Waals surface area contributed by atoms with Crippen molar-refractivity contribution in [3.63, 3.8) is 0 Å². The minimum absolute atomic E-state index is 0.191. The van der Waals surface area contributed by atoms with E-state index in [9.17, 15) is 4.79 Å². The molecule has 0 aliphatic heterocycles. The van der Waals surface area contributed by atoms with Crippen LogP contribution in [-0.2, 0) is 4.79 Å². The minimum atomic E-state index is -0.269. The van der Waals surface area contributed by atoms with Gasteiger partial charge in [0.15, 0.2) is 0 Å². The maximum atomic E-state index is 11.0. The van der Waals surface area contributed by atoms with Gasteiger partial charge in [-0.1, -0.05) is 6.07 Å². The third-order valence-corrected chi connectivity index (χ3v) is 4.58. The second-order valence-corrected chi connectivity index (χ2v) is 5.37. The summed E-state index contributed by atoms with van der Waals surface area (Å²) in [7, 11) is 0. The molecule has 2 nitrogen and oxygen atoms in total. The smallest absolute Gasteiger partial charge is 0.225 e. The van der Waals surface area contributed by atoms with Crippen molar-refractivity contribution < 1.29 is 4.79 Å². The second kappa shape index (κ2) is 4.16. The molecule has 2 rings (SSSR count). The molecule has 2 aromatic rings. The van der Waals surface area contributed by atoms with Crippen LogP contribution in [0.15, 0.2) is 29.6 Å². The van der Waals surface area contributed by atoms with Crippen LogP contribution in [0.25, 0.3) is 9.75 Å². The lowest BCUT2D eigenvalue weighted by molar-refractivity contribution is -0.119. The molecule has 0 aromatic carbocycles. The van der Waals surface area contributed by atoms with Crippen LogP contribution < -0.4 is 5.73 Å². The molecule has 2 heterocycles. The Labute approximate surface area is 96.4 Å². The molecule has 0 saturated heterocycles. The minimum Gasteiger partial charge on any atom is -0.369 e.